The summed E-state index contributed by atoms with van der Waals surface area (Å²) in [4.78, 5) is 0. The van der Waals surface area contributed by atoms with Crippen LogP contribution in [0.5, 0.6) is 0 Å². The fourth-order valence-corrected chi connectivity index (χ4v) is 10.9. The molecule has 0 rings (SSSR count). The molecular formula is C44H96O4S2Si2. The van der Waals surface area contributed by atoms with Gasteiger partial charge in [0.2, 0.25) is 0 Å². The molecule has 0 aliphatic carbocycles. The Hall–Kier alpha value is 0.714. The van der Waals surface area contributed by atoms with Crippen LogP contribution in [0, 0.1) is 5.92 Å². The van der Waals surface area contributed by atoms with Gasteiger partial charge in [-0.15, -0.1) is 0 Å². The molecule has 1 atom stereocenters. The molecule has 0 heterocycles. The van der Waals surface area contributed by atoms with Gasteiger partial charge in [0.1, 0.15) is 0 Å². The summed E-state index contributed by atoms with van der Waals surface area (Å²) >= 11 is 6.29. The summed E-state index contributed by atoms with van der Waals surface area (Å²) in [6.45, 7) is 17.6. The second-order valence-electron chi connectivity index (χ2n) is 15.4. The van der Waals surface area contributed by atoms with Crippen LogP contribution in [0.3, 0.4) is 0 Å². The van der Waals surface area contributed by atoms with Crippen LogP contribution in [-0.4, -0.2) is 62.8 Å². The Morgan fingerprint density at radius 2 is 0.865 bits per heavy atom. The largest absolute Gasteiger partial charge is 0.398 e. The van der Waals surface area contributed by atoms with Crippen molar-refractivity contribution in [3.05, 3.63) is 12.2 Å². The first-order valence-corrected chi connectivity index (χ1v) is 29.0. The Labute approximate surface area is 341 Å². The zero-order valence-corrected chi connectivity index (χ0v) is 40.9. The van der Waals surface area contributed by atoms with Crippen molar-refractivity contribution >= 4 is 41.5 Å². The maximum Gasteiger partial charge on any atom is 0.334 e. The Balaban J connectivity index is -0.000000780. The fourth-order valence-electron chi connectivity index (χ4n) is 6.19. The standard InChI is InChI=1S/C22H48O2SSi.C16H32.C6H16O2SSi/c1-6-8-10-12-13-15-18-22(17-14-11-9-7-2)21-25-19-16-20-26(5,23-3)24-4;1-4-6-8-10-11-13-15-16(3)14-12-9-7-5-2;1-7-10(3,8-2)6-4-5-9/h22H,6-21H2,1-5H3;3-15H2,1-2H3;9H,4-6H2,1-3H3. The lowest BCUT2D eigenvalue weighted by Gasteiger charge is -2.22. The van der Waals surface area contributed by atoms with Gasteiger partial charge in [0, 0.05) is 28.4 Å². The number of unbranched alkanes of at least 4 members (excludes halogenated alkanes) is 16. The molecular weight excluding hydrogens is 713 g/mol. The Morgan fingerprint density at radius 1 is 0.519 bits per heavy atom. The number of rotatable bonds is 37. The average Bonchev–Trinajstić information content (AvgIpc) is 3.16. The van der Waals surface area contributed by atoms with Gasteiger partial charge in [-0.2, -0.15) is 24.4 Å². The van der Waals surface area contributed by atoms with Gasteiger partial charge < -0.3 is 17.7 Å². The number of thiol groups is 1. The predicted molar refractivity (Wildman–Crippen MR) is 247 cm³/mol. The molecule has 1 unspecified atom stereocenters. The summed E-state index contributed by atoms with van der Waals surface area (Å²) in [7, 11) is 3.41. The van der Waals surface area contributed by atoms with E-state index in [-0.39, 0.29) is 0 Å². The van der Waals surface area contributed by atoms with Crippen molar-refractivity contribution in [2.24, 2.45) is 5.92 Å². The van der Waals surface area contributed by atoms with E-state index in [4.69, 9.17) is 17.7 Å². The lowest BCUT2D eigenvalue weighted by Crippen LogP contribution is -2.35. The molecule has 0 fully saturated rings. The summed E-state index contributed by atoms with van der Waals surface area (Å²) in [6, 6.07) is 2.15. The van der Waals surface area contributed by atoms with Crippen molar-refractivity contribution < 1.29 is 17.7 Å². The lowest BCUT2D eigenvalue weighted by molar-refractivity contribution is 0.249. The Morgan fingerprint density at radius 3 is 1.27 bits per heavy atom. The van der Waals surface area contributed by atoms with Crippen molar-refractivity contribution in [1.29, 1.82) is 0 Å². The molecule has 0 amide bonds. The highest BCUT2D eigenvalue weighted by atomic mass is 32.2. The summed E-state index contributed by atoms with van der Waals surface area (Å²) in [5, 5.41) is 0. The van der Waals surface area contributed by atoms with Crippen molar-refractivity contribution in [2.75, 3.05) is 45.7 Å². The van der Waals surface area contributed by atoms with Gasteiger partial charge in [0.15, 0.2) is 0 Å². The first kappa shape index (κ1) is 57.0. The van der Waals surface area contributed by atoms with E-state index < -0.39 is 17.1 Å². The minimum absolute atomic E-state index is 0.912. The van der Waals surface area contributed by atoms with Gasteiger partial charge in [0.25, 0.3) is 0 Å². The van der Waals surface area contributed by atoms with E-state index in [2.05, 4.69) is 71.8 Å². The van der Waals surface area contributed by atoms with E-state index in [0.717, 1.165) is 30.2 Å². The van der Waals surface area contributed by atoms with Crippen LogP contribution in [0.4, 0.5) is 0 Å². The van der Waals surface area contributed by atoms with Crippen molar-refractivity contribution in [3.8, 4) is 0 Å². The van der Waals surface area contributed by atoms with E-state index in [1.807, 2.05) is 0 Å². The molecule has 0 bridgehead atoms. The van der Waals surface area contributed by atoms with E-state index in [9.17, 15) is 0 Å². The molecule has 0 N–H and O–H groups in total. The van der Waals surface area contributed by atoms with Crippen molar-refractivity contribution in [1.82, 2.24) is 0 Å². The van der Waals surface area contributed by atoms with Crippen LogP contribution in [0.15, 0.2) is 12.2 Å². The van der Waals surface area contributed by atoms with Crippen molar-refractivity contribution in [2.45, 2.75) is 220 Å². The predicted octanol–water partition coefficient (Wildman–Crippen LogP) is 15.7. The summed E-state index contributed by atoms with van der Waals surface area (Å²) in [5.74, 6) is 4.47. The highest BCUT2D eigenvalue weighted by Gasteiger charge is 2.28. The van der Waals surface area contributed by atoms with Crippen LogP contribution >= 0.6 is 24.4 Å². The average molecular weight is 810 g/mol. The maximum atomic E-state index is 5.59. The van der Waals surface area contributed by atoms with Gasteiger partial charge in [-0.25, -0.2) is 0 Å². The molecule has 52 heavy (non-hydrogen) atoms. The number of allylic oxidation sites excluding steroid dienone is 1. The lowest BCUT2D eigenvalue weighted by atomic mass is 9.96. The molecule has 0 aliphatic heterocycles. The van der Waals surface area contributed by atoms with Gasteiger partial charge in [0.05, 0.1) is 0 Å². The van der Waals surface area contributed by atoms with E-state index in [0.29, 0.717) is 0 Å². The minimum Gasteiger partial charge on any atom is -0.398 e. The molecule has 0 aromatic carbocycles. The number of hydrogen-bond donors (Lipinski definition) is 1. The minimum atomic E-state index is -1.86. The van der Waals surface area contributed by atoms with E-state index >= 15 is 0 Å². The highest BCUT2D eigenvalue weighted by molar-refractivity contribution is 7.99. The molecule has 0 saturated heterocycles. The van der Waals surface area contributed by atoms with Crippen LogP contribution in [0.2, 0.25) is 25.2 Å². The maximum absolute atomic E-state index is 5.59. The van der Waals surface area contributed by atoms with Gasteiger partial charge >= 0.3 is 17.1 Å². The number of thioether (sulfide) groups is 1. The zero-order chi connectivity index (χ0) is 39.6. The first-order valence-electron chi connectivity index (χ1n) is 22.2. The topological polar surface area (TPSA) is 36.9 Å². The van der Waals surface area contributed by atoms with Gasteiger partial charge in [-0.3, -0.25) is 0 Å². The Bertz CT molecular complexity index is 693. The van der Waals surface area contributed by atoms with Crippen LogP contribution in [0.1, 0.15) is 195 Å². The first-order chi connectivity index (χ1) is 25.1. The zero-order valence-electron chi connectivity index (χ0n) is 37.2. The monoisotopic (exact) mass is 809 g/mol. The molecule has 0 aromatic heterocycles. The van der Waals surface area contributed by atoms with E-state index in [1.165, 1.54) is 178 Å². The third-order valence-electron chi connectivity index (χ3n) is 10.5. The molecule has 0 saturated carbocycles. The third-order valence-corrected chi connectivity index (χ3v) is 18.1. The molecule has 0 radical (unpaired) electrons. The fraction of sp³-hybridized carbons (Fsp3) is 0.955. The summed E-state index contributed by atoms with van der Waals surface area (Å²) in [5.41, 5.74) is 1.49. The smallest absolute Gasteiger partial charge is 0.334 e. The third kappa shape index (κ3) is 41.9. The highest BCUT2D eigenvalue weighted by Crippen LogP contribution is 2.25. The summed E-state index contributed by atoms with van der Waals surface area (Å²) in [6.07, 6.45) is 35.8. The normalized spacial score (nSPS) is 12.2. The van der Waals surface area contributed by atoms with Crippen LogP contribution < -0.4 is 0 Å². The molecule has 0 aromatic rings. The quantitative estimate of drug-likeness (QED) is 0.0293. The second-order valence-corrected chi connectivity index (χ2v) is 24.2. The summed E-state index contributed by atoms with van der Waals surface area (Å²) < 4.78 is 21.7. The molecule has 0 aliphatic rings. The molecule has 316 valence electrons. The molecule has 0 spiro atoms. The van der Waals surface area contributed by atoms with Crippen LogP contribution in [-0.2, 0) is 17.7 Å². The SMILES string of the molecule is C=C(CCCCCC)CCCCCCCC.CCCCCCCCC(CCCCCC)CSCCC[Si](C)(OC)OC.CO[Si](C)(CCCS)OC. The van der Waals surface area contributed by atoms with Crippen LogP contribution in [0.25, 0.3) is 0 Å². The van der Waals surface area contributed by atoms with Gasteiger partial charge in [-0.1, -0.05) is 155 Å². The second kappa shape index (κ2) is 44.4. The Kier molecular flexibility index (Phi) is 48.7. The molecule has 8 heteroatoms. The van der Waals surface area contributed by atoms with Gasteiger partial charge in [-0.05, 0) is 99.7 Å². The van der Waals surface area contributed by atoms with Crippen molar-refractivity contribution in [3.63, 3.8) is 0 Å². The number of hydrogen-bond acceptors (Lipinski definition) is 6. The molecule has 4 nitrogen and oxygen atoms in total. The van der Waals surface area contributed by atoms with E-state index in [1.54, 1.807) is 28.4 Å².